The molecule has 3 aromatic rings. The lowest BCUT2D eigenvalue weighted by molar-refractivity contribution is 0.0601. The van der Waals surface area contributed by atoms with Crippen LogP contribution in [0.1, 0.15) is 16.2 Å². The lowest BCUT2D eigenvalue weighted by Gasteiger charge is -2.14. The Hall–Kier alpha value is -3.19. The summed E-state index contributed by atoms with van der Waals surface area (Å²) < 4.78 is 21.2. The van der Waals surface area contributed by atoms with Gasteiger partial charge in [-0.15, -0.1) is 0 Å². The van der Waals surface area contributed by atoms with Crippen molar-refractivity contribution >= 4 is 23.3 Å². The van der Waals surface area contributed by atoms with Crippen LogP contribution in [0.15, 0.2) is 47.0 Å². The van der Waals surface area contributed by atoms with Crippen LogP contribution in [0.5, 0.6) is 11.5 Å². The average Bonchev–Trinajstić information content (AvgIpc) is 3.20. The fraction of sp³-hybridized carbons (Fsp3) is 0.200. The number of nitrogens with one attached hydrogen (secondary N) is 1. The van der Waals surface area contributed by atoms with Crippen LogP contribution in [0.2, 0.25) is 5.02 Å². The lowest BCUT2D eigenvalue weighted by atomic mass is 10.1. The highest BCUT2D eigenvalue weighted by atomic mass is 35.5. The molecule has 3 rings (SSSR count). The van der Waals surface area contributed by atoms with Crippen LogP contribution in [0.3, 0.4) is 0 Å². The molecule has 0 saturated carbocycles. The third kappa shape index (κ3) is 4.20. The van der Waals surface area contributed by atoms with E-state index in [1.165, 1.54) is 21.3 Å². The molecule has 0 spiro atoms. The molecule has 0 unspecified atom stereocenters. The Balaban J connectivity index is 1.83. The smallest absolute Gasteiger partial charge is 0.340 e. The lowest BCUT2D eigenvalue weighted by Crippen LogP contribution is -2.09. The quantitative estimate of drug-likeness (QED) is 0.586. The second kappa shape index (κ2) is 8.67. The predicted octanol–water partition coefficient (Wildman–Crippen LogP) is 4.41. The van der Waals surface area contributed by atoms with Gasteiger partial charge in [-0.25, -0.2) is 9.78 Å². The molecule has 0 aliphatic heterocycles. The van der Waals surface area contributed by atoms with Crippen LogP contribution in [0, 0.1) is 0 Å². The number of oxazole rings is 1. The van der Waals surface area contributed by atoms with E-state index in [0.29, 0.717) is 39.4 Å². The monoisotopic (exact) mass is 402 g/mol. The van der Waals surface area contributed by atoms with Crippen molar-refractivity contribution < 1.29 is 23.4 Å². The molecule has 1 aromatic heterocycles. The molecular formula is C20H19ClN2O5. The van der Waals surface area contributed by atoms with Crippen LogP contribution < -0.4 is 14.8 Å². The van der Waals surface area contributed by atoms with Gasteiger partial charge in [0.05, 0.1) is 45.3 Å². The molecule has 0 fully saturated rings. The first-order valence-electron chi connectivity index (χ1n) is 8.34. The van der Waals surface area contributed by atoms with Gasteiger partial charge in [0.15, 0.2) is 17.3 Å². The van der Waals surface area contributed by atoms with E-state index < -0.39 is 5.97 Å². The van der Waals surface area contributed by atoms with Crippen LogP contribution >= 0.6 is 11.6 Å². The first kappa shape index (κ1) is 19.6. The van der Waals surface area contributed by atoms with Gasteiger partial charge in [0.1, 0.15) is 0 Å². The molecule has 0 radical (unpaired) electrons. The number of aromatic nitrogens is 1. The van der Waals surface area contributed by atoms with Crippen LogP contribution in [0.4, 0.5) is 5.69 Å². The molecule has 1 heterocycles. The molecule has 0 amide bonds. The SMILES string of the molecule is COC(=O)c1cc(OC)c(OC)cc1NCc1ncc(-c2cccc(Cl)c2)o1. The molecule has 0 saturated heterocycles. The highest BCUT2D eigenvalue weighted by molar-refractivity contribution is 6.30. The number of methoxy groups -OCH3 is 3. The molecule has 146 valence electrons. The fourth-order valence-electron chi connectivity index (χ4n) is 2.64. The normalized spacial score (nSPS) is 10.4. The summed E-state index contributed by atoms with van der Waals surface area (Å²) in [5.74, 6) is 1.44. The summed E-state index contributed by atoms with van der Waals surface area (Å²) in [5, 5.41) is 3.74. The van der Waals surface area contributed by atoms with Crippen molar-refractivity contribution in [2.24, 2.45) is 0 Å². The van der Waals surface area contributed by atoms with Gasteiger partial charge in [-0.05, 0) is 12.1 Å². The Morgan fingerprint density at radius 3 is 2.57 bits per heavy atom. The van der Waals surface area contributed by atoms with Crippen molar-refractivity contribution in [3.8, 4) is 22.8 Å². The minimum atomic E-state index is -0.504. The summed E-state index contributed by atoms with van der Waals surface area (Å²) in [5.41, 5.74) is 1.64. The highest BCUT2D eigenvalue weighted by Crippen LogP contribution is 2.34. The van der Waals surface area contributed by atoms with Gasteiger partial charge >= 0.3 is 5.97 Å². The van der Waals surface area contributed by atoms with Crippen molar-refractivity contribution in [2.45, 2.75) is 6.54 Å². The number of anilines is 1. The van der Waals surface area contributed by atoms with Crippen molar-refractivity contribution in [3.05, 3.63) is 59.1 Å². The summed E-state index contributed by atoms with van der Waals surface area (Å²) in [6.07, 6.45) is 1.62. The Morgan fingerprint density at radius 2 is 1.89 bits per heavy atom. The maximum absolute atomic E-state index is 12.1. The number of nitrogens with zero attached hydrogens (tertiary/aromatic N) is 1. The Kier molecular flexibility index (Phi) is 6.06. The molecule has 0 aliphatic carbocycles. The minimum absolute atomic E-state index is 0.250. The van der Waals surface area contributed by atoms with E-state index in [1.54, 1.807) is 30.5 Å². The standard InChI is InChI=1S/C20H19ClN2O5/c1-25-16-8-14(20(24)27-3)15(9-17(16)26-2)22-11-19-23-10-18(28-19)12-5-4-6-13(21)7-12/h4-10,22H,11H2,1-3H3. The first-order chi connectivity index (χ1) is 13.5. The number of benzene rings is 2. The Bertz CT molecular complexity index is 986. The van der Waals surface area contributed by atoms with Gasteiger partial charge in [-0.1, -0.05) is 23.7 Å². The van der Waals surface area contributed by atoms with Crippen molar-refractivity contribution in [3.63, 3.8) is 0 Å². The van der Waals surface area contributed by atoms with Crippen molar-refractivity contribution in [1.29, 1.82) is 0 Å². The molecule has 2 aromatic carbocycles. The molecule has 1 N–H and O–H groups in total. The van der Waals surface area contributed by atoms with Gasteiger partial charge in [0.2, 0.25) is 5.89 Å². The van der Waals surface area contributed by atoms with E-state index >= 15 is 0 Å². The topological polar surface area (TPSA) is 82.8 Å². The van der Waals surface area contributed by atoms with Gasteiger partial charge in [-0.3, -0.25) is 0 Å². The Labute approximate surface area is 167 Å². The minimum Gasteiger partial charge on any atom is -0.493 e. The number of carbonyl (C=O) groups is 1. The van der Waals surface area contributed by atoms with E-state index in [-0.39, 0.29) is 6.54 Å². The van der Waals surface area contributed by atoms with Crippen molar-refractivity contribution in [2.75, 3.05) is 26.6 Å². The zero-order chi connectivity index (χ0) is 20.1. The summed E-state index contributed by atoms with van der Waals surface area (Å²) >= 11 is 6.02. The number of halogens is 1. The van der Waals surface area contributed by atoms with E-state index in [9.17, 15) is 4.79 Å². The van der Waals surface area contributed by atoms with Crippen LogP contribution in [-0.4, -0.2) is 32.3 Å². The average molecular weight is 403 g/mol. The van der Waals surface area contributed by atoms with Crippen LogP contribution in [0.25, 0.3) is 11.3 Å². The molecule has 0 bridgehead atoms. The van der Waals surface area contributed by atoms with E-state index in [4.69, 9.17) is 30.2 Å². The van der Waals surface area contributed by atoms with Gasteiger partial charge in [0.25, 0.3) is 0 Å². The molecule has 8 heteroatoms. The van der Waals surface area contributed by atoms with E-state index in [1.807, 2.05) is 12.1 Å². The largest absolute Gasteiger partial charge is 0.493 e. The summed E-state index contributed by atoms with van der Waals surface area (Å²) in [7, 11) is 4.33. The number of carbonyl (C=O) groups excluding carboxylic acids is 1. The second-order valence-corrected chi connectivity index (χ2v) is 6.16. The summed E-state index contributed by atoms with van der Waals surface area (Å²) in [4.78, 5) is 16.4. The maximum Gasteiger partial charge on any atom is 0.340 e. The second-order valence-electron chi connectivity index (χ2n) is 5.73. The first-order valence-corrected chi connectivity index (χ1v) is 8.72. The third-order valence-corrected chi connectivity index (χ3v) is 4.26. The van der Waals surface area contributed by atoms with Gasteiger partial charge in [0, 0.05) is 22.7 Å². The van der Waals surface area contributed by atoms with E-state index in [0.717, 1.165) is 5.56 Å². The number of hydrogen-bond donors (Lipinski definition) is 1. The summed E-state index contributed by atoms with van der Waals surface area (Å²) in [6.45, 7) is 0.250. The van der Waals surface area contributed by atoms with Crippen molar-refractivity contribution in [1.82, 2.24) is 4.98 Å². The molecule has 0 atom stereocenters. The Morgan fingerprint density at radius 1 is 1.14 bits per heavy atom. The highest BCUT2D eigenvalue weighted by Gasteiger charge is 2.18. The summed E-state index contributed by atoms with van der Waals surface area (Å²) in [6, 6.07) is 10.5. The third-order valence-electron chi connectivity index (χ3n) is 4.02. The molecule has 7 nitrogen and oxygen atoms in total. The maximum atomic E-state index is 12.1. The molecule has 0 aliphatic rings. The number of ether oxygens (including phenoxy) is 3. The number of hydrogen-bond acceptors (Lipinski definition) is 7. The van der Waals surface area contributed by atoms with E-state index in [2.05, 4.69) is 10.3 Å². The zero-order valence-electron chi connectivity index (χ0n) is 15.6. The number of rotatable bonds is 7. The predicted molar refractivity (Wildman–Crippen MR) is 105 cm³/mol. The number of esters is 1. The zero-order valence-corrected chi connectivity index (χ0v) is 16.4. The molecule has 28 heavy (non-hydrogen) atoms. The molecular weight excluding hydrogens is 384 g/mol. The van der Waals surface area contributed by atoms with Crippen LogP contribution in [-0.2, 0) is 11.3 Å². The van der Waals surface area contributed by atoms with Gasteiger partial charge < -0.3 is 23.9 Å². The fourth-order valence-corrected chi connectivity index (χ4v) is 2.83. The van der Waals surface area contributed by atoms with Gasteiger partial charge in [-0.2, -0.15) is 0 Å².